The molecule has 2 aromatic rings. The summed E-state index contributed by atoms with van der Waals surface area (Å²) in [7, 11) is 0. The number of hydrogen-bond acceptors (Lipinski definition) is 6. The van der Waals surface area contributed by atoms with E-state index in [0.717, 1.165) is 35.3 Å². The van der Waals surface area contributed by atoms with Crippen LogP contribution in [0.15, 0.2) is 30.6 Å². The first-order chi connectivity index (χ1) is 13.1. The molecule has 2 aromatic heterocycles. The fourth-order valence-electron chi connectivity index (χ4n) is 3.04. The van der Waals surface area contributed by atoms with Crippen LogP contribution < -0.4 is 5.32 Å². The lowest BCUT2D eigenvalue weighted by molar-refractivity contribution is -0.142. The molecule has 0 aliphatic heterocycles. The molecule has 0 saturated heterocycles. The highest BCUT2D eigenvalue weighted by Gasteiger charge is 2.26. The van der Waals surface area contributed by atoms with Crippen molar-refractivity contribution in [1.29, 1.82) is 5.26 Å². The fraction of sp³-hybridized carbons (Fsp3) is 0.300. The van der Waals surface area contributed by atoms with Crippen molar-refractivity contribution in [3.05, 3.63) is 52.2 Å². The van der Waals surface area contributed by atoms with E-state index in [9.17, 15) is 14.9 Å². The third kappa shape index (κ3) is 4.80. The summed E-state index contributed by atoms with van der Waals surface area (Å²) in [6, 6.07) is 5.87. The molecule has 1 amide bonds. The number of nitrogens with zero attached hydrogens (tertiary/aromatic N) is 2. The predicted octanol–water partition coefficient (Wildman–Crippen LogP) is 3.33. The Morgan fingerprint density at radius 1 is 1.52 bits per heavy atom. The van der Waals surface area contributed by atoms with Gasteiger partial charge < -0.3 is 10.1 Å². The number of ether oxygens (including phenoxy) is 1. The van der Waals surface area contributed by atoms with Crippen LogP contribution in [0, 0.1) is 17.2 Å². The van der Waals surface area contributed by atoms with Gasteiger partial charge in [-0.15, -0.1) is 11.3 Å². The number of nitriles is 1. The highest BCUT2D eigenvalue weighted by Crippen LogP contribution is 2.39. The number of carbonyl (C=O) groups is 2. The largest absolute Gasteiger partial charge is 0.466 e. The molecule has 1 unspecified atom stereocenters. The third-order valence-corrected chi connectivity index (χ3v) is 5.52. The van der Waals surface area contributed by atoms with Crippen molar-refractivity contribution in [1.82, 2.24) is 4.98 Å². The number of esters is 1. The molecule has 0 bridgehead atoms. The molecule has 2 heterocycles. The topological polar surface area (TPSA) is 92.1 Å². The Morgan fingerprint density at radius 2 is 2.37 bits per heavy atom. The normalized spacial score (nSPS) is 15.8. The molecule has 6 nitrogen and oxygen atoms in total. The number of amides is 1. The Labute approximate surface area is 161 Å². The lowest BCUT2D eigenvalue weighted by atomic mass is 9.88. The second kappa shape index (κ2) is 8.60. The monoisotopic (exact) mass is 381 g/mol. The van der Waals surface area contributed by atoms with Crippen LogP contribution in [0.3, 0.4) is 0 Å². The van der Waals surface area contributed by atoms with Crippen molar-refractivity contribution in [2.75, 3.05) is 11.9 Å². The molecular formula is C20H19N3O3S. The number of thiophene rings is 1. The van der Waals surface area contributed by atoms with Gasteiger partial charge in [0.2, 0.25) is 5.91 Å². The number of carbonyl (C=O) groups excluding carboxylic acids is 2. The van der Waals surface area contributed by atoms with Crippen LogP contribution in [0.1, 0.15) is 34.9 Å². The van der Waals surface area contributed by atoms with E-state index in [1.54, 1.807) is 24.5 Å². The van der Waals surface area contributed by atoms with Gasteiger partial charge in [0.1, 0.15) is 11.1 Å². The van der Waals surface area contributed by atoms with E-state index in [1.807, 2.05) is 6.07 Å². The molecule has 0 aromatic carbocycles. The second-order valence-electron chi connectivity index (χ2n) is 6.34. The first-order valence-corrected chi connectivity index (χ1v) is 9.45. The van der Waals surface area contributed by atoms with Gasteiger partial charge in [-0.25, -0.2) is 0 Å². The Balaban J connectivity index is 1.70. The summed E-state index contributed by atoms with van der Waals surface area (Å²) in [6.45, 7) is 1.80. The van der Waals surface area contributed by atoms with Crippen LogP contribution in [0.2, 0.25) is 0 Å². The number of hydrogen-bond donors (Lipinski definition) is 1. The van der Waals surface area contributed by atoms with Crippen LogP contribution >= 0.6 is 11.3 Å². The van der Waals surface area contributed by atoms with Gasteiger partial charge in [0.15, 0.2) is 0 Å². The van der Waals surface area contributed by atoms with Gasteiger partial charge in [0.05, 0.1) is 12.2 Å². The molecule has 27 heavy (non-hydrogen) atoms. The van der Waals surface area contributed by atoms with E-state index in [-0.39, 0.29) is 17.8 Å². The third-order valence-electron chi connectivity index (χ3n) is 4.35. The van der Waals surface area contributed by atoms with Crippen LogP contribution in [-0.4, -0.2) is 23.5 Å². The van der Waals surface area contributed by atoms with Crippen molar-refractivity contribution < 1.29 is 14.3 Å². The highest BCUT2D eigenvalue weighted by atomic mass is 32.1. The summed E-state index contributed by atoms with van der Waals surface area (Å²) in [5, 5.41) is 12.9. The Hall–Kier alpha value is -2.98. The van der Waals surface area contributed by atoms with Gasteiger partial charge >= 0.3 is 5.97 Å². The molecule has 3 rings (SSSR count). The highest BCUT2D eigenvalue weighted by molar-refractivity contribution is 7.16. The first kappa shape index (κ1) is 18.8. The molecule has 138 valence electrons. The average molecular weight is 381 g/mol. The Kier molecular flexibility index (Phi) is 5.99. The number of anilines is 1. The van der Waals surface area contributed by atoms with Crippen LogP contribution in [0.5, 0.6) is 0 Å². The van der Waals surface area contributed by atoms with Gasteiger partial charge in [0.25, 0.3) is 0 Å². The second-order valence-corrected chi connectivity index (χ2v) is 7.45. The lowest BCUT2D eigenvalue weighted by Crippen LogP contribution is -2.19. The molecule has 1 N–H and O–H groups in total. The summed E-state index contributed by atoms with van der Waals surface area (Å²) in [6.07, 6.45) is 8.81. The van der Waals surface area contributed by atoms with Crippen LogP contribution in [-0.2, 0) is 27.2 Å². The van der Waals surface area contributed by atoms with Crippen molar-refractivity contribution in [3.8, 4) is 6.07 Å². The molecule has 0 fully saturated rings. The number of nitrogens with one attached hydrogen (secondary N) is 1. The molecule has 1 aliphatic carbocycles. The maximum Gasteiger partial charge on any atom is 0.302 e. The molecule has 1 atom stereocenters. The minimum absolute atomic E-state index is 0.251. The van der Waals surface area contributed by atoms with Gasteiger partial charge in [-0.05, 0) is 48.4 Å². The average Bonchev–Trinajstić information content (AvgIpc) is 3.01. The van der Waals surface area contributed by atoms with Gasteiger partial charge in [-0.2, -0.15) is 5.26 Å². The minimum Gasteiger partial charge on any atom is -0.466 e. The number of pyridine rings is 1. The number of rotatable bonds is 5. The molecular weight excluding hydrogens is 362 g/mol. The van der Waals surface area contributed by atoms with E-state index < -0.39 is 0 Å². The summed E-state index contributed by atoms with van der Waals surface area (Å²) >= 11 is 1.43. The van der Waals surface area contributed by atoms with E-state index in [0.29, 0.717) is 17.2 Å². The lowest BCUT2D eigenvalue weighted by Gasteiger charge is -2.21. The summed E-state index contributed by atoms with van der Waals surface area (Å²) < 4.78 is 5.12. The molecule has 0 radical (unpaired) electrons. The number of fused-ring (bicyclic) bond motifs is 1. The predicted molar refractivity (Wildman–Crippen MR) is 103 cm³/mol. The van der Waals surface area contributed by atoms with Crippen molar-refractivity contribution in [2.45, 2.75) is 26.2 Å². The van der Waals surface area contributed by atoms with Gasteiger partial charge in [-0.1, -0.05) is 6.07 Å². The zero-order chi connectivity index (χ0) is 19.2. The quantitative estimate of drug-likeness (QED) is 0.633. The van der Waals surface area contributed by atoms with E-state index in [2.05, 4.69) is 16.4 Å². The maximum atomic E-state index is 12.2. The smallest absolute Gasteiger partial charge is 0.302 e. The van der Waals surface area contributed by atoms with Gasteiger partial charge in [0, 0.05) is 30.3 Å². The van der Waals surface area contributed by atoms with Crippen molar-refractivity contribution >= 4 is 34.3 Å². The molecule has 0 spiro atoms. The van der Waals surface area contributed by atoms with E-state index >= 15 is 0 Å². The molecule has 0 saturated carbocycles. The summed E-state index contributed by atoms with van der Waals surface area (Å²) in [5.41, 5.74) is 2.38. The van der Waals surface area contributed by atoms with Crippen LogP contribution in [0.25, 0.3) is 6.08 Å². The SMILES string of the molecule is CC(=O)OCC1CCc2c(sc(NC(=O)C=Cc3cccnc3)c2C#N)C1. The van der Waals surface area contributed by atoms with Crippen LogP contribution in [0.4, 0.5) is 5.00 Å². The van der Waals surface area contributed by atoms with Crippen molar-refractivity contribution in [3.63, 3.8) is 0 Å². The van der Waals surface area contributed by atoms with E-state index in [1.165, 1.54) is 24.3 Å². The Bertz CT molecular complexity index is 913. The van der Waals surface area contributed by atoms with Crippen molar-refractivity contribution in [2.24, 2.45) is 5.92 Å². The molecule has 1 aliphatic rings. The molecule has 7 heteroatoms. The summed E-state index contributed by atoms with van der Waals surface area (Å²) in [5.74, 6) is -0.316. The number of aromatic nitrogens is 1. The Morgan fingerprint density at radius 3 is 3.07 bits per heavy atom. The zero-order valence-corrected chi connectivity index (χ0v) is 15.7. The zero-order valence-electron chi connectivity index (χ0n) is 14.9. The fourth-order valence-corrected chi connectivity index (χ4v) is 4.35. The summed E-state index contributed by atoms with van der Waals surface area (Å²) in [4.78, 5) is 28.3. The first-order valence-electron chi connectivity index (χ1n) is 8.64. The van der Waals surface area contributed by atoms with Gasteiger partial charge in [-0.3, -0.25) is 14.6 Å². The maximum absolute atomic E-state index is 12.2. The standard InChI is InChI=1S/C20H19N3O3S/c1-13(24)26-12-15-4-6-16-17(10-21)20(27-18(16)9-15)23-19(25)7-5-14-3-2-8-22-11-14/h2-3,5,7-8,11,15H,4,6,9,12H2,1H3,(H,23,25). The van der Waals surface area contributed by atoms with E-state index in [4.69, 9.17) is 4.74 Å². The minimum atomic E-state index is -0.287.